The van der Waals surface area contributed by atoms with E-state index in [4.69, 9.17) is 9.47 Å². The number of aliphatic hydroxyl groups is 2. The van der Waals surface area contributed by atoms with Crippen molar-refractivity contribution in [2.75, 3.05) is 26.4 Å². The van der Waals surface area contributed by atoms with Gasteiger partial charge in [0.25, 0.3) is 0 Å². The lowest BCUT2D eigenvalue weighted by Gasteiger charge is -2.33. The van der Waals surface area contributed by atoms with Crippen molar-refractivity contribution in [2.45, 2.75) is 25.7 Å². The van der Waals surface area contributed by atoms with Crippen molar-refractivity contribution >= 4 is 43.1 Å². The highest BCUT2D eigenvalue weighted by atomic mass is 16.5. The Morgan fingerprint density at radius 2 is 0.625 bits per heavy atom. The summed E-state index contributed by atoms with van der Waals surface area (Å²) in [6.07, 6.45) is 0.781. The highest BCUT2D eigenvalue weighted by molar-refractivity contribution is 5.96. The molecule has 0 amide bonds. The quantitative estimate of drug-likeness (QED) is 0.121. The lowest BCUT2D eigenvalue weighted by atomic mass is 9.71. The van der Waals surface area contributed by atoms with Gasteiger partial charge in [-0.2, -0.15) is 0 Å². The molecule has 0 heterocycles. The maximum atomic E-state index is 10.2. The standard InChI is InChI=1S/C60H50O4/c1-3-60(2,52-36-54(48-24-20-40-12-4-8-16-44(40)32-48)58(63-30-28-61)55(37-52)49-25-21-41-13-5-9-17-45(41)33-49)53-38-56(50-26-22-42-14-6-10-18-46(42)34-50)59(64-31-29-62)57(39-53)51-27-23-43-15-7-11-19-47(43)35-51/h4-27,32-39,61-62H,3,28-31H2,1-2H3. The van der Waals surface area contributed by atoms with E-state index in [0.29, 0.717) is 0 Å². The third kappa shape index (κ3) is 7.66. The van der Waals surface area contributed by atoms with Gasteiger partial charge in [0.05, 0.1) is 13.2 Å². The SMILES string of the molecule is CCC(C)(c1cc(-c2ccc3ccccc3c2)c(OCCO)c(-c2ccc3ccccc3c2)c1)c1cc(-c2ccc3ccccc3c2)c(OCCO)c(-c2ccc3ccccc3c2)c1. The molecular formula is C60H50O4. The molecule has 4 heteroatoms. The first-order valence-electron chi connectivity index (χ1n) is 22.2. The molecule has 10 aromatic carbocycles. The Morgan fingerprint density at radius 1 is 0.359 bits per heavy atom. The minimum atomic E-state index is -0.528. The molecule has 0 spiro atoms. The molecule has 0 saturated carbocycles. The van der Waals surface area contributed by atoms with Crippen LogP contribution < -0.4 is 9.47 Å². The number of rotatable bonds is 13. The highest BCUT2D eigenvalue weighted by Crippen LogP contribution is 2.50. The minimum absolute atomic E-state index is 0.109. The summed E-state index contributed by atoms with van der Waals surface area (Å²) in [5.74, 6) is 1.48. The molecule has 0 fully saturated rings. The maximum Gasteiger partial charge on any atom is 0.135 e. The van der Waals surface area contributed by atoms with Gasteiger partial charge in [0.1, 0.15) is 24.7 Å². The molecule has 2 N–H and O–H groups in total. The fourth-order valence-electron chi connectivity index (χ4n) is 9.36. The average Bonchev–Trinajstić information content (AvgIpc) is 3.36. The monoisotopic (exact) mass is 834 g/mol. The normalized spacial score (nSPS) is 11.8. The van der Waals surface area contributed by atoms with Gasteiger partial charge in [-0.25, -0.2) is 0 Å². The molecule has 0 unspecified atom stereocenters. The molecule has 0 aliphatic heterocycles. The van der Waals surface area contributed by atoms with Crippen molar-refractivity contribution in [2.24, 2.45) is 0 Å². The number of ether oxygens (including phenoxy) is 2. The van der Waals surface area contributed by atoms with Gasteiger partial charge < -0.3 is 19.7 Å². The molecule has 0 radical (unpaired) electrons. The first-order valence-corrected chi connectivity index (χ1v) is 22.2. The summed E-state index contributed by atoms with van der Waals surface area (Å²) in [5.41, 5.74) is 9.75. The summed E-state index contributed by atoms with van der Waals surface area (Å²) >= 11 is 0. The molecule has 4 nitrogen and oxygen atoms in total. The van der Waals surface area contributed by atoms with Crippen LogP contribution >= 0.6 is 0 Å². The van der Waals surface area contributed by atoms with Crippen molar-refractivity contribution in [1.82, 2.24) is 0 Å². The van der Waals surface area contributed by atoms with Crippen LogP contribution in [0.3, 0.4) is 0 Å². The van der Waals surface area contributed by atoms with Crippen LogP contribution in [0.15, 0.2) is 194 Å². The average molecular weight is 835 g/mol. The smallest absolute Gasteiger partial charge is 0.135 e. The first-order chi connectivity index (χ1) is 31.4. The van der Waals surface area contributed by atoms with E-state index in [1.807, 2.05) is 0 Å². The zero-order valence-corrected chi connectivity index (χ0v) is 36.2. The zero-order valence-electron chi connectivity index (χ0n) is 36.2. The van der Waals surface area contributed by atoms with Crippen molar-refractivity contribution < 1.29 is 19.7 Å². The Labute approximate surface area is 374 Å². The molecule has 0 aliphatic carbocycles. The molecule has 10 rings (SSSR count). The summed E-state index contributed by atoms with van der Waals surface area (Å²) in [6.45, 7) is 4.72. The van der Waals surface area contributed by atoms with Crippen molar-refractivity contribution in [1.29, 1.82) is 0 Å². The first kappa shape index (κ1) is 40.8. The molecule has 0 bridgehead atoms. The number of hydrogen-bond donors (Lipinski definition) is 2. The van der Waals surface area contributed by atoms with Crippen LogP contribution in [0.4, 0.5) is 0 Å². The van der Waals surface area contributed by atoms with E-state index in [0.717, 1.165) is 95.1 Å². The number of benzene rings is 10. The van der Waals surface area contributed by atoms with E-state index < -0.39 is 5.41 Å². The Hall–Kier alpha value is -7.24. The Balaban J connectivity index is 1.27. The molecule has 0 atom stereocenters. The summed E-state index contributed by atoms with van der Waals surface area (Å²) < 4.78 is 13.3. The summed E-state index contributed by atoms with van der Waals surface area (Å²) in [4.78, 5) is 0. The third-order valence-corrected chi connectivity index (χ3v) is 13.1. The molecule has 0 aliphatic rings. The Kier molecular flexibility index (Phi) is 11.2. The fraction of sp³-hybridized carbons (Fsp3) is 0.133. The third-order valence-electron chi connectivity index (χ3n) is 13.1. The van der Waals surface area contributed by atoms with Crippen LogP contribution in [0.1, 0.15) is 31.4 Å². The van der Waals surface area contributed by atoms with Gasteiger partial charge in [0.2, 0.25) is 0 Å². The minimum Gasteiger partial charge on any atom is -0.490 e. The van der Waals surface area contributed by atoms with Crippen LogP contribution in [0, 0.1) is 0 Å². The second-order valence-corrected chi connectivity index (χ2v) is 16.9. The Bertz CT molecular complexity index is 2910. The lowest BCUT2D eigenvalue weighted by Crippen LogP contribution is -2.23. The second kappa shape index (κ2) is 17.5. The molecule has 0 saturated heterocycles. The molecular weight excluding hydrogens is 785 g/mol. The van der Waals surface area contributed by atoms with Crippen LogP contribution in [0.2, 0.25) is 0 Å². The van der Waals surface area contributed by atoms with E-state index in [1.165, 1.54) is 21.5 Å². The predicted octanol–water partition coefficient (Wildman–Crippen LogP) is 14.4. The van der Waals surface area contributed by atoms with Crippen molar-refractivity contribution in [3.05, 3.63) is 205 Å². The van der Waals surface area contributed by atoms with Crippen LogP contribution in [-0.4, -0.2) is 36.6 Å². The number of fused-ring (bicyclic) bond motifs is 4. The zero-order chi connectivity index (χ0) is 43.6. The van der Waals surface area contributed by atoms with E-state index in [9.17, 15) is 10.2 Å². The summed E-state index contributed by atoms with van der Waals surface area (Å²) in [6, 6.07) is 69.5. The molecule has 10 aromatic rings. The van der Waals surface area contributed by atoms with Gasteiger partial charge in [0, 0.05) is 27.7 Å². The lowest BCUT2D eigenvalue weighted by molar-refractivity contribution is 0.202. The molecule has 64 heavy (non-hydrogen) atoms. The van der Waals surface area contributed by atoms with Crippen molar-refractivity contribution in [3.63, 3.8) is 0 Å². The van der Waals surface area contributed by atoms with Gasteiger partial charge >= 0.3 is 0 Å². The fourth-order valence-corrected chi connectivity index (χ4v) is 9.36. The summed E-state index contributed by atoms with van der Waals surface area (Å²) in [5, 5.41) is 29.6. The highest BCUT2D eigenvalue weighted by Gasteiger charge is 2.32. The van der Waals surface area contributed by atoms with E-state index >= 15 is 0 Å². The molecule has 314 valence electrons. The summed E-state index contributed by atoms with van der Waals surface area (Å²) in [7, 11) is 0. The molecule has 0 aromatic heterocycles. The van der Waals surface area contributed by atoms with Crippen molar-refractivity contribution in [3.8, 4) is 56.0 Å². The van der Waals surface area contributed by atoms with E-state index in [2.05, 4.69) is 208 Å². The number of hydrogen-bond acceptors (Lipinski definition) is 4. The second-order valence-electron chi connectivity index (χ2n) is 16.9. The van der Waals surface area contributed by atoms with Gasteiger partial charge in [-0.05, 0) is 131 Å². The Morgan fingerprint density at radius 3 is 0.875 bits per heavy atom. The van der Waals surface area contributed by atoms with Gasteiger partial charge in [-0.15, -0.1) is 0 Å². The van der Waals surface area contributed by atoms with Crippen LogP contribution in [-0.2, 0) is 5.41 Å². The van der Waals surface area contributed by atoms with E-state index in [-0.39, 0.29) is 26.4 Å². The number of aliphatic hydroxyl groups excluding tert-OH is 2. The predicted molar refractivity (Wildman–Crippen MR) is 267 cm³/mol. The van der Waals surface area contributed by atoms with Crippen LogP contribution in [0.5, 0.6) is 11.5 Å². The van der Waals surface area contributed by atoms with Gasteiger partial charge in [-0.3, -0.25) is 0 Å². The largest absolute Gasteiger partial charge is 0.490 e. The van der Waals surface area contributed by atoms with E-state index in [1.54, 1.807) is 0 Å². The maximum absolute atomic E-state index is 10.2. The van der Waals surface area contributed by atoms with Gasteiger partial charge in [-0.1, -0.05) is 159 Å². The van der Waals surface area contributed by atoms with Crippen LogP contribution in [0.25, 0.3) is 87.6 Å². The van der Waals surface area contributed by atoms with Gasteiger partial charge in [0.15, 0.2) is 0 Å². The topological polar surface area (TPSA) is 58.9 Å².